The van der Waals surface area contributed by atoms with Crippen LogP contribution in [0.4, 0.5) is 5.69 Å². The highest BCUT2D eigenvalue weighted by atomic mass is 16.6. The molecule has 0 radical (unpaired) electrons. The molecule has 0 bridgehead atoms. The number of hydrogen-bond acceptors (Lipinski definition) is 6. The number of amides is 1. The monoisotopic (exact) mass is 386 g/mol. The number of hydrogen-bond donors (Lipinski definition) is 1. The van der Waals surface area contributed by atoms with Crippen molar-refractivity contribution in [2.75, 3.05) is 19.8 Å². The molecule has 1 aliphatic rings. The summed E-state index contributed by atoms with van der Waals surface area (Å²) in [6.07, 6.45) is 0. The van der Waals surface area contributed by atoms with Crippen LogP contribution < -0.4 is 19.5 Å². The van der Waals surface area contributed by atoms with Crippen molar-refractivity contribution in [3.8, 4) is 17.2 Å². The summed E-state index contributed by atoms with van der Waals surface area (Å²) >= 11 is 0. The lowest BCUT2D eigenvalue weighted by molar-refractivity contribution is -0.384. The maximum atomic E-state index is 12.4. The molecule has 148 valence electrons. The summed E-state index contributed by atoms with van der Waals surface area (Å²) in [5.74, 6) is 1.43. The predicted octanol–water partition coefficient (Wildman–Crippen LogP) is 3.26. The van der Waals surface area contributed by atoms with Crippen molar-refractivity contribution in [1.29, 1.82) is 0 Å². The third-order valence-electron chi connectivity index (χ3n) is 4.31. The van der Waals surface area contributed by atoms with Gasteiger partial charge in [0, 0.05) is 6.07 Å². The van der Waals surface area contributed by atoms with Crippen molar-refractivity contribution in [3.63, 3.8) is 0 Å². The standard InChI is InChI=1S/C20H22N2O6/c1-13(2)20(14-6-7-17-18(10-14)27-9-8-26-17)21-19(23)12-28-16-5-3-4-15(11-16)22(24)25/h3-7,10-11,13,20H,8-9,12H2,1-2H3,(H,21,23)/t20-/m1/s1. The Balaban J connectivity index is 1.65. The highest BCUT2D eigenvalue weighted by Gasteiger charge is 2.21. The van der Waals surface area contributed by atoms with Gasteiger partial charge < -0.3 is 19.5 Å². The Morgan fingerprint density at radius 3 is 2.64 bits per heavy atom. The fourth-order valence-electron chi connectivity index (χ4n) is 2.94. The van der Waals surface area contributed by atoms with Gasteiger partial charge in [-0.15, -0.1) is 0 Å². The number of nitrogens with one attached hydrogen (secondary N) is 1. The van der Waals surface area contributed by atoms with Crippen LogP contribution in [0, 0.1) is 16.0 Å². The van der Waals surface area contributed by atoms with Gasteiger partial charge >= 0.3 is 0 Å². The van der Waals surface area contributed by atoms with E-state index in [1.165, 1.54) is 18.2 Å². The molecule has 0 aromatic heterocycles. The molecule has 1 N–H and O–H groups in total. The summed E-state index contributed by atoms with van der Waals surface area (Å²) in [4.78, 5) is 22.7. The van der Waals surface area contributed by atoms with Crippen LogP contribution in [0.2, 0.25) is 0 Å². The number of rotatable bonds is 7. The molecule has 0 saturated carbocycles. The van der Waals surface area contributed by atoms with Gasteiger partial charge in [-0.05, 0) is 29.7 Å². The van der Waals surface area contributed by atoms with E-state index in [1.807, 2.05) is 32.0 Å². The lowest BCUT2D eigenvalue weighted by atomic mass is 9.95. The number of nitro benzene ring substituents is 1. The molecule has 1 amide bonds. The minimum absolute atomic E-state index is 0.0887. The number of benzene rings is 2. The fourth-order valence-corrected chi connectivity index (χ4v) is 2.94. The van der Waals surface area contributed by atoms with Crippen LogP contribution in [0.15, 0.2) is 42.5 Å². The molecule has 3 rings (SSSR count). The molecule has 8 nitrogen and oxygen atoms in total. The van der Waals surface area contributed by atoms with Crippen LogP contribution in [0.5, 0.6) is 17.2 Å². The predicted molar refractivity (Wildman–Crippen MR) is 102 cm³/mol. The molecule has 0 saturated heterocycles. The molecule has 1 atom stereocenters. The molecule has 2 aromatic rings. The Morgan fingerprint density at radius 1 is 1.18 bits per heavy atom. The molecule has 0 spiro atoms. The van der Waals surface area contributed by atoms with Crippen molar-refractivity contribution in [2.24, 2.45) is 5.92 Å². The van der Waals surface area contributed by atoms with Gasteiger partial charge in [-0.3, -0.25) is 14.9 Å². The second-order valence-corrected chi connectivity index (χ2v) is 6.74. The fraction of sp³-hybridized carbons (Fsp3) is 0.350. The Bertz CT molecular complexity index is 868. The van der Waals surface area contributed by atoms with Crippen LogP contribution >= 0.6 is 0 Å². The van der Waals surface area contributed by atoms with Gasteiger partial charge in [0.2, 0.25) is 0 Å². The highest BCUT2D eigenvalue weighted by Crippen LogP contribution is 2.34. The first-order valence-electron chi connectivity index (χ1n) is 9.00. The molecule has 1 aliphatic heterocycles. The molecular formula is C20H22N2O6. The Labute approximate surface area is 162 Å². The lowest BCUT2D eigenvalue weighted by Crippen LogP contribution is -2.35. The average molecular weight is 386 g/mol. The number of nitro groups is 1. The third-order valence-corrected chi connectivity index (χ3v) is 4.31. The van der Waals surface area contributed by atoms with Crippen LogP contribution in [-0.4, -0.2) is 30.7 Å². The Hall–Kier alpha value is -3.29. The smallest absolute Gasteiger partial charge is 0.273 e. The molecule has 0 fully saturated rings. The topological polar surface area (TPSA) is 99.9 Å². The minimum Gasteiger partial charge on any atom is -0.486 e. The SMILES string of the molecule is CC(C)[C@@H](NC(=O)COc1cccc([N+](=O)[O-])c1)c1ccc2c(c1)OCCO2. The average Bonchev–Trinajstić information content (AvgIpc) is 2.70. The van der Waals surface area contributed by atoms with Crippen molar-refractivity contribution in [1.82, 2.24) is 5.32 Å². The number of carbonyl (C=O) groups is 1. The van der Waals surface area contributed by atoms with Gasteiger partial charge in [-0.2, -0.15) is 0 Å². The summed E-state index contributed by atoms with van der Waals surface area (Å²) in [7, 11) is 0. The maximum absolute atomic E-state index is 12.4. The summed E-state index contributed by atoms with van der Waals surface area (Å²) in [5.41, 5.74) is 0.817. The molecule has 8 heteroatoms. The molecule has 28 heavy (non-hydrogen) atoms. The van der Waals surface area contributed by atoms with E-state index in [0.29, 0.717) is 24.7 Å². The maximum Gasteiger partial charge on any atom is 0.273 e. The summed E-state index contributed by atoms with van der Waals surface area (Å²) in [5, 5.41) is 13.8. The van der Waals surface area contributed by atoms with Crippen molar-refractivity contribution in [2.45, 2.75) is 19.9 Å². The van der Waals surface area contributed by atoms with Crippen LogP contribution in [0.3, 0.4) is 0 Å². The van der Waals surface area contributed by atoms with Crippen LogP contribution in [0.25, 0.3) is 0 Å². The van der Waals surface area contributed by atoms with Crippen LogP contribution in [0.1, 0.15) is 25.5 Å². The van der Waals surface area contributed by atoms with E-state index in [0.717, 1.165) is 5.56 Å². The molecule has 1 heterocycles. The van der Waals surface area contributed by atoms with Crippen LogP contribution in [-0.2, 0) is 4.79 Å². The van der Waals surface area contributed by atoms with Gasteiger partial charge in [0.15, 0.2) is 18.1 Å². The normalized spacial score (nSPS) is 13.7. The number of ether oxygens (including phenoxy) is 3. The van der Waals surface area contributed by atoms with E-state index in [4.69, 9.17) is 14.2 Å². The quantitative estimate of drug-likeness (QED) is 0.579. The van der Waals surface area contributed by atoms with E-state index < -0.39 is 4.92 Å². The summed E-state index contributed by atoms with van der Waals surface area (Å²) < 4.78 is 16.6. The van der Waals surface area contributed by atoms with Gasteiger partial charge in [-0.1, -0.05) is 26.0 Å². The zero-order chi connectivity index (χ0) is 20.1. The molecule has 0 aliphatic carbocycles. The summed E-state index contributed by atoms with van der Waals surface area (Å²) in [6, 6.07) is 11.1. The number of nitrogens with zero attached hydrogens (tertiary/aromatic N) is 1. The Morgan fingerprint density at radius 2 is 1.93 bits per heavy atom. The largest absolute Gasteiger partial charge is 0.486 e. The van der Waals surface area contributed by atoms with Crippen molar-refractivity contribution >= 4 is 11.6 Å². The van der Waals surface area contributed by atoms with Gasteiger partial charge in [0.05, 0.1) is 17.0 Å². The Kier molecular flexibility index (Phi) is 5.98. The lowest BCUT2D eigenvalue weighted by Gasteiger charge is -2.25. The first kappa shape index (κ1) is 19.5. The van der Waals surface area contributed by atoms with E-state index in [9.17, 15) is 14.9 Å². The molecule has 2 aromatic carbocycles. The second-order valence-electron chi connectivity index (χ2n) is 6.74. The molecule has 0 unspecified atom stereocenters. The molecular weight excluding hydrogens is 364 g/mol. The number of non-ortho nitro benzene ring substituents is 1. The van der Waals surface area contributed by atoms with Gasteiger partial charge in [0.25, 0.3) is 11.6 Å². The second kappa shape index (κ2) is 8.60. The minimum atomic E-state index is -0.510. The van der Waals surface area contributed by atoms with E-state index in [-0.39, 0.29) is 35.9 Å². The first-order chi connectivity index (χ1) is 13.4. The van der Waals surface area contributed by atoms with Gasteiger partial charge in [-0.25, -0.2) is 0 Å². The van der Waals surface area contributed by atoms with E-state index in [2.05, 4.69) is 5.32 Å². The zero-order valence-electron chi connectivity index (χ0n) is 15.7. The highest BCUT2D eigenvalue weighted by molar-refractivity contribution is 5.78. The van der Waals surface area contributed by atoms with Gasteiger partial charge in [0.1, 0.15) is 19.0 Å². The summed E-state index contributed by atoms with van der Waals surface area (Å²) in [6.45, 7) is 4.78. The first-order valence-corrected chi connectivity index (χ1v) is 9.00. The number of carbonyl (C=O) groups excluding carboxylic acids is 1. The zero-order valence-corrected chi connectivity index (χ0v) is 15.7. The number of fused-ring (bicyclic) bond motifs is 1. The van der Waals surface area contributed by atoms with E-state index >= 15 is 0 Å². The van der Waals surface area contributed by atoms with Crippen molar-refractivity contribution in [3.05, 3.63) is 58.1 Å². The van der Waals surface area contributed by atoms with Crippen molar-refractivity contribution < 1.29 is 23.9 Å². The van der Waals surface area contributed by atoms with E-state index in [1.54, 1.807) is 6.07 Å². The third kappa shape index (κ3) is 4.70.